The van der Waals surface area contributed by atoms with Crippen LogP contribution in [0.2, 0.25) is 0 Å². The molecule has 0 unspecified atom stereocenters. The summed E-state index contributed by atoms with van der Waals surface area (Å²) in [5.74, 6) is 0.133. The number of aryl methyl sites for hydroxylation is 1. The number of rotatable bonds is 5. The average Bonchev–Trinajstić information content (AvgIpc) is 2.37. The van der Waals surface area contributed by atoms with Gasteiger partial charge in [-0.3, -0.25) is 4.79 Å². The van der Waals surface area contributed by atoms with Crippen LogP contribution in [0.1, 0.15) is 38.8 Å². The van der Waals surface area contributed by atoms with Gasteiger partial charge in [-0.05, 0) is 43.9 Å². The highest BCUT2D eigenvalue weighted by atomic mass is 35.5. The third-order valence-corrected chi connectivity index (χ3v) is 3.92. The first-order valence-corrected chi connectivity index (χ1v) is 7.13. The zero-order valence-corrected chi connectivity index (χ0v) is 14.9. The van der Waals surface area contributed by atoms with Crippen LogP contribution in [0.4, 0.5) is 0 Å². The minimum Gasteiger partial charge on any atom is -0.344 e. The number of carbonyl (C=O) groups excluding carboxylic acids is 1. The minimum atomic E-state index is -0.523. The molecule has 1 rings (SSSR count). The van der Waals surface area contributed by atoms with E-state index in [2.05, 4.69) is 13.8 Å². The van der Waals surface area contributed by atoms with Gasteiger partial charge in [0.2, 0.25) is 5.91 Å². The summed E-state index contributed by atoms with van der Waals surface area (Å²) >= 11 is 0. The van der Waals surface area contributed by atoms with E-state index in [0.717, 1.165) is 11.1 Å². The van der Waals surface area contributed by atoms with Gasteiger partial charge in [0.25, 0.3) is 0 Å². The fraction of sp³-hybridized carbons (Fsp3) is 0.588. The topological polar surface area (TPSA) is 46.3 Å². The Morgan fingerprint density at radius 2 is 1.71 bits per heavy atom. The Balaban J connectivity index is 0.00000400. The van der Waals surface area contributed by atoms with Crippen molar-refractivity contribution in [2.75, 3.05) is 20.1 Å². The van der Waals surface area contributed by atoms with Crippen molar-refractivity contribution in [3.05, 3.63) is 35.4 Å². The van der Waals surface area contributed by atoms with E-state index < -0.39 is 5.41 Å². The molecule has 0 bridgehead atoms. The lowest BCUT2D eigenvalue weighted by molar-refractivity contribution is -0.136. The average molecular weight is 313 g/mol. The largest absolute Gasteiger partial charge is 0.344 e. The molecule has 0 aliphatic carbocycles. The van der Waals surface area contributed by atoms with E-state index in [4.69, 9.17) is 5.73 Å². The molecule has 1 aromatic carbocycles. The molecule has 0 heterocycles. The second-order valence-electron chi connectivity index (χ2n) is 6.97. The number of likely N-dealkylation sites (N-methyl/N-ethyl adjacent to an activating group) is 1. The van der Waals surface area contributed by atoms with Crippen LogP contribution in [0.5, 0.6) is 0 Å². The first kappa shape index (κ1) is 19.9. The Kier molecular flexibility index (Phi) is 6.91. The smallest absolute Gasteiger partial charge is 0.232 e. The highest BCUT2D eigenvalue weighted by Crippen LogP contribution is 2.29. The first-order chi connectivity index (χ1) is 9.12. The number of carbonyl (C=O) groups is 1. The third-order valence-electron chi connectivity index (χ3n) is 3.92. The van der Waals surface area contributed by atoms with Crippen LogP contribution in [-0.4, -0.2) is 30.9 Å². The van der Waals surface area contributed by atoms with Gasteiger partial charge < -0.3 is 10.6 Å². The van der Waals surface area contributed by atoms with Crippen LogP contribution < -0.4 is 5.73 Å². The van der Waals surface area contributed by atoms with Crippen molar-refractivity contribution in [3.63, 3.8) is 0 Å². The SMILES string of the molecule is Cc1ccccc1C(C)(C)C(=O)N(C)CC(C)(C)CN.Cl. The Morgan fingerprint density at radius 3 is 2.19 bits per heavy atom. The standard InChI is InChI=1S/C17H28N2O.ClH/c1-13-9-7-8-10-14(13)17(4,5)15(20)19(6)12-16(2,3)11-18;/h7-10H,11-12,18H2,1-6H3;1H. The molecule has 0 atom stereocenters. The molecule has 2 N–H and O–H groups in total. The predicted octanol–water partition coefficient (Wildman–Crippen LogP) is 3.14. The molecule has 4 heteroatoms. The molecule has 0 radical (unpaired) electrons. The van der Waals surface area contributed by atoms with Crippen LogP contribution in [0.3, 0.4) is 0 Å². The number of benzene rings is 1. The number of nitrogens with zero attached hydrogens (tertiary/aromatic N) is 1. The summed E-state index contributed by atoms with van der Waals surface area (Å²) in [6.07, 6.45) is 0. The first-order valence-electron chi connectivity index (χ1n) is 7.13. The van der Waals surface area contributed by atoms with Crippen LogP contribution >= 0.6 is 12.4 Å². The number of hydrogen-bond donors (Lipinski definition) is 1. The Labute approximate surface area is 135 Å². The fourth-order valence-electron chi connectivity index (χ4n) is 2.64. The maximum atomic E-state index is 12.8. The quantitative estimate of drug-likeness (QED) is 0.908. The normalized spacial score (nSPS) is 11.8. The summed E-state index contributed by atoms with van der Waals surface area (Å²) < 4.78 is 0. The zero-order chi connectivity index (χ0) is 15.6. The second kappa shape index (κ2) is 7.28. The molecule has 3 nitrogen and oxygen atoms in total. The van der Waals surface area contributed by atoms with Crippen molar-refractivity contribution in [1.29, 1.82) is 0 Å². The van der Waals surface area contributed by atoms with E-state index in [9.17, 15) is 4.79 Å². The molecule has 120 valence electrons. The maximum absolute atomic E-state index is 12.8. The fourth-order valence-corrected chi connectivity index (χ4v) is 2.64. The predicted molar refractivity (Wildman–Crippen MR) is 91.9 cm³/mol. The van der Waals surface area contributed by atoms with Gasteiger partial charge in [0.05, 0.1) is 5.41 Å². The Hall–Kier alpha value is -1.06. The van der Waals surface area contributed by atoms with Crippen LogP contribution in [0.25, 0.3) is 0 Å². The summed E-state index contributed by atoms with van der Waals surface area (Å²) in [4.78, 5) is 14.6. The Morgan fingerprint density at radius 1 is 1.19 bits per heavy atom. The van der Waals surface area contributed by atoms with Crippen molar-refractivity contribution in [2.24, 2.45) is 11.1 Å². The van der Waals surface area contributed by atoms with Gasteiger partial charge in [-0.2, -0.15) is 0 Å². The molecule has 0 spiro atoms. The number of halogens is 1. The van der Waals surface area contributed by atoms with Crippen LogP contribution in [0, 0.1) is 12.3 Å². The van der Waals surface area contributed by atoms with E-state index in [1.165, 1.54) is 0 Å². The van der Waals surface area contributed by atoms with E-state index in [1.807, 2.05) is 52.1 Å². The minimum absolute atomic E-state index is 0. The molecule has 0 aromatic heterocycles. The molecule has 0 saturated carbocycles. The highest BCUT2D eigenvalue weighted by Gasteiger charge is 2.34. The second-order valence-corrected chi connectivity index (χ2v) is 6.97. The van der Waals surface area contributed by atoms with Gasteiger partial charge in [-0.1, -0.05) is 38.1 Å². The van der Waals surface area contributed by atoms with E-state index >= 15 is 0 Å². The van der Waals surface area contributed by atoms with Gasteiger partial charge in [-0.25, -0.2) is 0 Å². The van der Waals surface area contributed by atoms with Crippen molar-refractivity contribution >= 4 is 18.3 Å². The zero-order valence-electron chi connectivity index (χ0n) is 14.1. The monoisotopic (exact) mass is 312 g/mol. The summed E-state index contributed by atoms with van der Waals surface area (Å²) in [6.45, 7) is 11.4. The summed E-state index contributed by atoms with van der Waals surface area (Å²) in [6, 6.07) is 8.07. The third kappa shape index (κ3) is 4.72. The van der Waals surface area contributed by atoms with Crippen LogP contribution in [0.15, 0.2) is 24.3 Å². The lowest BCUT2D eigenvalue weighted by Crippen LogP contribution is -2.46. The van der Waals surface area contributed by atoms with Crippen molar-refractivity contribution in [2.45, 2.75) is 40.0 Å². The number of hydrogen-bond acceptors (Lipinski definition) is 2. The molecule has 1 aromatic rings. The van der Waals surface area contributed by atoms with Crippen molar-refractivity contribution < 1.29 is 4.79 Å². The lowest BCUT2D eigenvalue weighted by Gasteiger charge is -2.35. The van der Waals surface area contributed by atoms with Gasteiger partial charge >= 0.3 is 0 Å². The summed E-state index contributed by atoms with van der Waals surface area (Å²) in [5.41, 5.74) is 7.41. The summed E-state index contributed by atoms with van der Waals surface area (Å²) in [7, 11) is 1.86. The van der Waals surface area contributed by atoms with Gasteiger partial charge in [-0.15, -0.1) is 12.4 Å². The number of amides is 1. The van der Waals surface area contributed by atoms with Crippen LogP contribution in [-0.2, 0) is 10.2 Å². The van der Waals surface area contributed by atoms with E-state index in [-0.39, 0.29) is 23.7 Å². The highest BCUT2D eigenvalue weighted by molar-refractivity contribution is 5.87. The molecular formula is C17H29ClN2O. The molecule has 0 saturated heterocycles. The van der Waals surface area contributed by atoms with E-state index in [1.54, 1.807) is 4.90 Å². The van der Waals surface area contributed by atoms with E-state index in [0.29, 0.717) is 13.1 Å². The summed E-state index contributed by atoms with van der Waals surface area (Å²) in [5, 5.41) is 0. The van der Waals surface area contributed by atoms with Crippen molar-refractivity contribution in [3.8, 4) is 0 Å². The number of nitrogens with two attached hydrogens (primary N) is 1. The molecule has 0 aliphatic heterocycles. The molecule has 0 aliphatic rings. The lowest BCUT2D eigenvalue weighted by atomic mass is 9.80. The molecule has 21 heavy (non-hydrogen) atoms. The molecular weight excluding hydrogens is 284 g/mol. The maximum Gasteiger partial charge on any atom is 0.232 e. The van der Waals surface area contributed by atoms with Crippen molar-refractivity contribution in [1.82, 2.24) is 4.90 Å². The Bertz CT molecular complexity index is 483. The van der Waals surface area contributed by atoms with Gasteiger partial charge in [0.1, 0.15) is 0 Å². The molecule has 1 amide bonds. The van der Waals surface area contributed by atoms with Gasteiger partial charge in [0, 0.05) is 13.6 Å². The van der Waals surface area contributed by atoms with Gasteiger partial charge in [0.15, 0.2) is 0 Å². The molecule has 0 fully saturated rings.